The van der Waals surface area contributed by atoms with Crippen LogP contribution in [0, 0.1) is 11.3 Å². The lowest BCUT2D eigenvalue weighted by Gasteiger charge is -2.04. The third kappa shape index (κ3) is 3.19. The van der Waals surface area contributed by atoms with Crippen LogP contribution in [0.25, 0.3) is 0 Å². The highest BCUT2D eigenvalue weighted by Crippen LogP contribution is 2.09. The highest BCUT2D eigenvalue weighted by atomic mass is 16.1. The van der Waals surface area contributed by atoms with Gasteiger partial charge in [-0.15, -0.1) is 0 Å². The van der Waals surface area contributed by atoms with E-state index in [9.17, 15) is 4.79 Å². The normalized spacial score (nSPS) is 9.72. The molecule has 0 unspecified atom stereocenters. The van der Waals surface area contributed by atoms with E-state index in [1.54, 1.807) is 36.8 Å². The third-order valence-corrected chi connectivity index (χ3v) is 2.47. The molecule has 0 spiro atoms. The Labute approximate surface area is 104 Å². The molecular weight excluding hydrogens is 228 g/mol. The van der Waals surface area contributed by atoms with Crippen molar-refractivity contribution in [3.05, 3.63) is 48.0 Å². The van der Waals surface area contributed by atoms with Crippen LogP contribution in [-0.2, 0) is 11.2 Å². The van der Waals surface area contributed by atoms with Crippen LogP contribution in [0.5, 0.6) is 0 Å². The zero-order valence-electron chi connectivity index (χ0n) is 9.68. The first-order valence-corrected chi connectivity index (χ1v) is 5.55. The quantitative estimate of drug-likeness (QED) is 0.855. The Bertz CT molecular complexity index is 552. The van der Waals surface area contributed by atoms with Crippen molar-refractivity contribution in [3.8, 4) is 6.07 Å². The van der Waals surface area contributed by atoms with Crippen LogP contribution in [-0.4, -0.2) is 15.9 Å². The summed E-state index contributed by atoms with van der Waals surface area (Å²) < 4.78 is 0. The molecule has 18 heavy (non-hydrogen) atoms. The maximum absolute atomic E-state index is 11.7. The number of aryl methyl sites for hydroxylation is 1. The van der Waals surface area contributed by atoms with Crippen LogP contribution in [0.3, 0.4) is 0 Å². The molecule has 0 fully saturated rings. The summed E-state index contributed by atoms with van der Waals surface area (Å²) in [6.45, 7) is 0. The topological polar surface area (TPSA) is 81.6 Å². The van der Waals surface area contributed by atoms with Gasteiger partial charge in [0, 0.05) is 24.0 Å². The molecule has 0 aliphatic rings. The van der Waals surface area contributed by atoms with Crippen molar-refractivity contribution in [2.24, 2.45) is 0 Å². The SMILES string of the molecule is N#Cc1ccc(NC(=O)CCc2cnc[nH]2)cc1. The van der Waals surface area contributed by atoms with Crippen LogP contribution in [0.15, 0.2) is 36.8 Å². The van der Waals surface area contributed by atoms with E-state index < -0.39 is 0 Å². The molecular formula is C13H12N4O. The van der Waals surface area contributed by atoms with E-state index in [2.05, 4.69) is 15.3 Å². The molecule has 2 aromatic rings. The zero-order chi connectivity index (χ0) is 12.8. The first-order chi connectivity index (χ1) is 8.78. The van der Waals surface area contributed by atoms with Crippen molar-refractivity contribution in [2.45, 2.75) is 12.8 Å². The van der Waals surface area contributed by atoms with Gasteiger partial charge in [0.15, 0.2) is 0 Å². The zero-order valence-corrected chi connectivity index (χ0v) is 9.68. The fourth-order valence-electron chi connectivity index (χ4n) is 1.52. The molecule has 2 N–H and O–H groups in total. The van der Waals surface area contributed by atoms with E-state index in [4.69, 9.17) is 5.26 Å². The molecule has 0 atom stereocenters. The Hall–Kier alpha value is -2.61. The fraction of sp³-hybridized carbons (Fsp3) is 0.154. The Morgan fingerprint density at radius 2 is 2.17 bits per heavy atom. The summed E-state index contributed by atoms with van der Waals surface area (Å²) in [4.78, 5) is 18.5. The second kappa shape index (κ2) is 5.64. The number of anilines is 1. The molecule has 0 saturated heterocycles. The average Bonchev–Trinajstić information content (AvgIpc) is 2.90. The fourth-order valence-corrected chi connectivity index (χ4v) is 1.52. The molecule has 0 radical (unpaired) electrons. The number of carbonyl (C=O) groups is 1. The van der Waals surface area contributed by atoms with Gasteiger partial charge in [-0.2, -0.15) is 5.26 Å². The predicted molar refractivity (Wildman–Crippen MR) is 66.7 cm³/mol. The van der Waals surface area contributed by atoms with Crippen molar-refractivity contribution in [2.75, 3.05) is 5.32 Å². The minimum Gasteiger partial charge on any atom is -0.348 e. The second-order valence-electron chi connectivity index (χ2n) is 3.81. The summed E-state index contributed by atoms with van der Waals surface area (Å²) in [5.74, 6) is -0.0608. The lowest BCUT2D eigenvalue weighted by molar-refractivity contribution is -0.116. The molecule has 0 bridgehead atoms. The monoisotopic (exact) mass is 240 g/mol. The molecule has 90 valence electrons. The number of hydrogen-bond acceptors (Lipinski definition) is 3. The number of rotatable bonds is 4. The lowest BCUT2D eigenvalue weighted by atomic mass is 10.2. The van der Waals surface area contributed by atoms with Gasteiger partial charge in [0.2, 0.25) is 5.91 Å². The largest absolute Gasteiger partial charge is 0.348 e. The van der Waals surface area contributed by atoms with E-state index in [1.807, 2.05) is 6.07 Å². The van der Waals surface area contributed by atoms with Crippen molar-refractivity contribution >= 4 is 11.6 Å². The van der Waals surface area contributed by atoms with Crippen LogP contribution in [0.2, 0.25) is 0 Å². The first-order valence-electron chi connectivity index (χ1n) is 5.55. The first kappa shape index (κ1) is 11.9. The lowest BCUT2D eigenvalue weighted by Crippen LogP contribution is -2.12. The molecule has 1 aromatic carbocycles. The van der Waals surface area contributed by atoms with E-state index >= 15 is 0 Å². The second-order valence-corrected chi connectivity index (χ2v) is 3.81. The number of imidazole rings is 1. The minimum absolute atomic E-state index is 0.0608. The van der Waals surface area contributed by atoms with Gasteiger partial charge in [-0.05, 0) is 30.7 Å². The van der Waals surface area contributed by atoms with Crippen LogP contribution in [0.4, 0.5) is 5.69 Å². The number of carbonyl (C=O) groups excluding carboxylic acids is 1. The van der Waals surface area contributed by atoms with Gasteiger partial charge in [-0.1, -0.05) is 0 Å². The van der Waals surface area contributed by atoms with E-state index in [-0.39, 0.29) is 5.91 Å². The van der Waals surface area contributed by atoms with Crippen LogP contribution < -0.4 is 5.32 Å². The Morgan fingerprint density at radius 3 is 2.78 bits per heavy atom. The smallest absolute Gasteiger partial charge is 0.224 e. The number of aromatic nitrogens is 2. The van der Waals surface area contributed by atoms with Gasteiger partial charge in [0.1, 0.15) is 0 Å². The molecule has 1 aromatic heterocycles. The number of benzene rings is 1. The van der Waals surface area contributed by atoms with Crippen LogP contribution >= 0.6 is 0 Å². The van der Waals surface area contributed by atoms with Gasteiger partial charge >= 0.3 is 0 Å². The summed E-state index contributed by atoms with van der Waals surface area (Å²) >= 11 is 0. The number of aromatic amines is 1. The van der Waals surface area contributed by atoms with Crippen molar-refractivity contribution in [3.63, 3.8) is 0 Å². The molecule has 0 saturated carbocycles. The predicted octanol–water partition coefficient (Wildman–Crippen LogP) is 1.85. The van der Waals surface area contributed by atoms with Crippen molar-refractivity contribution in [1.82, 2.24) is 9.97 Å². The van der Waals surface area contributed by atoms with E-state index in [1.165, 1.54) is 0 Å². The molecule has 0 aliphatic carbocycles. The van der Waals surface area contributed by atoms with E-state index in [0.717, 1.165) is 5.69 Å². The Morgan fingerprint density at radius 1 is 1.39 bits per heavy atom. The molecule has 2 rings (SSSR count). The number of nitrogens with one attached hydrogen (secondary N) is 2. The Kier molecular flexibility index (Phi) is 3.72. The van der Waals surface area contributed by atoms with Crippen molar-refractivity contribution in [1.29, 1.82) is 5.26 Å². The summed E-state index contributed by atoms with van der Waals surface area (Å²) in [5, 5.41) is 11.4. The minimum atomic E-state index is -0.0608. The van der Waals surface area contributed by atoms with Gasteiger partial charge in [0.05, 0.1) is 18.0 Å². The number of H-pyrrole nitrogens is 1. The van der Waals surface area contributed by atoms with Gasteiger partial charge in [-0.3, -0.25) is 4.79 Å². The number of amides is 1. The molecule has 5 nitrogen and oxygen atoms in total. The highest BCUT2D eigenvalue weighted by molar-refractivity contribution is 5.90. The molecule has 1 heterocycles. The van der Waals surface area contributed by atoms with Gasteiger partial charge in [-0.25, -0.2) is 4.98 Å². The number of nitriles is 1. The van der Waals surface area contributed by atoms with Gasteiger partial charge < -0.3 is 10.3 Å². The standard InChI is InChI=1S/C13H12N4O/c14-7-10-1-3-11(4-2-10)17-13(18)6-5-12-8-15-9-16-12/h1-4,8-9H,5-6H2,(H,15,16)(H,17,18). The number of nitrogens with zero attached hydrogens (tertiary/aromatic N) is 2. The molecule has 0 aliphatic heterocycles. The van der Waals surface area contributed by atoms with Crippen molar-refractivity contribution < 1.29 is 4.79 Å². The highest BCUT2D eigenvalue weighted by Gasteiger charge is 2.03. The van der Waals surface area contributed by atoms with E-state index in [0.29, 0.717) is 24.1 Å². The van der Waals surface area contributed by atoms with Crippen LogP contribution in [0.1, 0.15) is 17.7 Å². The summed E-state index contributed by atoms with van der Waals surface area (Å²) in [7, 11) is 0. The maximum atomic E-state index is 11.7. The molecule has 1 amide bonds. The summed E-state index contributed by atoms with van der Waals surface area (Å²) in [6.07, 6.45) is 4.31. The Balaban J connectivity index is 1.85. The van der Waals surface area contributed by atoms with Gasteiger partial charge in [0.25, 0.3) is 0 Å². The summed E-state index contributed by atoms with van der Waals surface area (Å²) in [6, 6.07) is 8.80. The summed E-state index contributed by atoms with van der Waals surface area (Å²) in [5.41, 5.74) is 2.21. The third-order valence-electron chi connectivity index (χ3n) is 2.47. The number of hydrogen-bond donors (Lipinski definition) is 2. The maximum Gasteiger partial charge on any atom is 0.224 e. The molecule has 5 heteroatoms. The average molecular weight is 240 g/mol.